The first kappa shape index (κ1) is 14.9. The van der Waals surface area contributed by atoms with Crippen LogP contribution < -0.4 is 10.1 Å². The van der Waals surface area contributed by atoms with Crippen molar-refractivity contribution in [2.24, 2.45) is 5.92 Å². The van der Waals surface area contributed by atoms with E-state index in [9.17, 15) is 14.7 Å². The molecule has 0 radical (unpaired) electrons. The minimum Gasteiger partial charge on any atom is -0.497 e. The number of hydrogen-bond acceptors (Lipinski definition) is 3. The molecular weight excluding hydrogens is 282 g/mol. The summed E-state index contributed by atoms with van der Waals surface area (Å²) in [6, 6.07) is 7.42. The van der Waals surface area contributed by atoms with Crippen molar-refractivity contribution in [2.75, 3.05) is 7.11 Å². The van der Waals surface area contributed by atoms with Crippen molar-refractivity contribution in [1.82, 2.24) is 5.32 Å². The minimum absolute atomic E-state index is 0.316. The lowest BCUT2D eigenvalue weighted by Gasteiger charge is -2.39. The highest BCUT2D eigenvalue weighted by atomic mass is 16.5. The van der Waals surface area contributed by atoms with Crippen LogP contribution in [0.3, 0.4) is 0 Å². The van der Waals surface area contributed by atoms with Gasteiger partial charge in [-0.1, -0.05) is 31.4 Å². The zero-order chi connectivity index (χ0) is 15.7. The van der Waals surface area contributed by atoms with Crippen LogP contribution in [0.2, 0.25) is 0 Å². The Labute approximate surface area is 129 Å². The Balaban J connectivity index is 2.03. The molecule has 0 bridgehead atoms. The monoisotopic (exact) mass is 303 g/mol. The number of nitrogens with one attached hydrogen (secondary N) is 1. The fourth-order valence-corrected chi connectivity index (χ4v) is 4.07. The fraction of sp³-hybridized carbons (Fsp3) is 0.529. The lowest BCUT2D eigenvalue weighted by atomic mass is 9.68. The molecule has 0 aromatic heterocycles. The third kappa shape index (κ3) is 2.34. The highest BCUT2D eigenvalue weighted by molar-refractivity contribution is 6.01. The van der Waals surface area contributed by atoms with Crippen molar-refractivity contribution < 1.29 is 19.4 Å². The molecule has 1 aliphatic heterocycles. The molecule has 2 fully saturated rings. The van der Waals surface area contributed by atoms with Crippen LogP contribution in [0, 0.1) is 5.92 Å². The maximum Gasteiger partial charge on any atom is 0.316 e. The Hall–Kier alpha value is -2.04. The number of amides is 1. The summed E-state index contributed by atoms with van der Waals surface area (Å²) in [5.74, 6) is -1.99. The van der Waals surface area contributed by atoms with Gasteiger partial charge in [0.1, 0.15) is 11.7 Å². The summed E-state index contributed by atoms with van der Waals surface area (Å²) in [5.41, 5.74) is 0.487. The first-order chi connectivity index (χ1) is 10.6. The van der Waals surface area contributed by atoms with Gasteiger partial charge < -0.3 is 15.2 Å². The fourth-order valence-electron chi connectivity index (χ4n) is 4.07. The number of ether oxygens (including phenoxy) is 1. The SMILES string of the molecule is COc1ccc([C@H]2[C@H](C(=O)O)C(=O)NC23CCCCC3)cc1. The molecule has 0 unspecified atom stereocenters. The maximum absolute atomic E-state index is 12.3. The number of aliphatic carboxylic acids is 1. The quantitative estimate of drug-likeness (QED) is 0.840. The van der Waals surface area contributed by atoms with Crippen LogP contribution in [0.25, 0.3) is 0 Å². The molecule has 1 aromatic carbocycles. The summed E-state index contributed by atoms with van der Waals surface area (Å²) in [6.07, 6.45) is 4.89. The number of hydrogen-bond donors (Lipinski definition) is 2. The van der Waals surface area contributed by atoms with Gasteiger partial charge in [-0.25, -0.2) is 0 Å². The Morgan fingerprint density at radius 3 is 2.41 bits per heavy atom. The average Bonchev–Trinajstić information content (AvgIpc) is 2.80. The van der Waals surface area contributed by atoms with Crippen LogP contribution in [-0.2, 0) is 9.59 Å². The second-order valence-corrected chi connectivity index (χ2v) is 6.27. The summed E-state index contributed by atoms with van der Waals surface area (Å²) in [4.78, 5) is 23.9. The van der Waals surface area contributed by atoms with Crippen molar-refractivity contribution in [3.63, 3.8) is 0 Å². The van der Waals surface area contributed by atoms with E-state index in [1.54, 1.807) is 7.11 Å². The number of carboxylic acid groups (broad SMARTS) is 1. The highest BCUT2D eigenvalue weighted by Crippen LogP contribution is 2.48. The van der Waals surface area contributed by atoms with Crippen molar-refractivity contribution in [2.45, 2.75) is 43.6 Å². The molecule has 5 heteroatoms. The molecule has 1 aromatic rings. The van der Waals surface area contributed by atoms with Crippen molar-refractivity contribution in [3.05, 3.63) is 29.8 Å². The number of carbonyl (C=O) groups excluding carboxylic acids is 1. The van der Waals surface area contributed by atoms with E-state index in [1.807, 2.05) is 24.3 Å². The summed E-state index contributed by atoms with van der Waals surface area (Å²) in [6.45, 7) is 0. The van der Waals surface area contributed by atoms with E-state index >= 15 is 0 Å². The Bertz CT molecular complexity index is 575. The molecule has 1 aliphatic carbocycles. The summed E-state index contributed by atoms with van der Waals surface area (Å²) in [5, 5.41) is 12.6. The summed E-state index contributed by atoms with van der Waals surface area (Å²) in [7, 11) is 1.60. The van der Waals surface area contributed by atoms with E-state index in [-0.39, 0.29) is 11.8 Å². The second-order valence-electron chi connectivity index (χ2n) is 6.27. The smallest absolute Gasteiger partial charge is 0.316 e. The topological polar surface area (TPSA) is 75.6 Å². The van der Waals surface area contributed by atoms with Crippen molar-refractivity contribution in [1.29, 1.82) is 0 Å². The van der Waals surface area contributed by atoms with Gasteiger partial charge in [0, 0.05) is 11.5 Å². The zero-order valence-electron chi connectivity index (χ0n) is 12.7. The second kappa shape index (κ2) is 5.63. The Morgan fingerprint density at radius 2 is 1.86 bits per heavy atom. The lowest BCUT2D eigenvalue weighted by Crippen LogP contribution is -2.46. The van der Waals surface area contributed by atoms with Crippen LogP contribution in [-0.4, -0.2) is 29.6 Å². The molecule has 1 saturated heterocycles. The van der Waals surface area contributed by atoms with Crippen LogP contribution >= 0.6 is 0 Å². The molecule has 5 nitrogen and oxygen atoms in total. The predicted molar refractivity (Wildman–Crippen MR) is 80.8 cm³/mol. The van der Waals surface area contributed by atoms with Crippen LogP contribution in [0.1, 0.15) is 43.6 Å². The van der Waals surface area contributed by atoms with Gasteiger partial charge in [-0.3, -0.25) is 9.59 Å². The van der Waals surface area contributed by atoms with Gasteiger partial charge in [-0.2, -0.15) is 0 Å². The predicted octanol–water partition coefficient (Wildman–Crippen LogP) is 2.31. The van der Waals surface area contributed by atoms with E-state index in [2.05, 4.69) is 5.32 Å². The summed E-state index contributed by atoms with van der Waals surface area (Å²) >= 11 is 0. The standard InChI is InChI=1S/C17H21NO4/c1-22-12-7-5-11(6-8-12)14-13(16(20)21)15(19)18-17(14)9-3-2-4-10-17/h5-8,13-14H,2-4,9-10H2,1H3,(H,18,19)(H,20,21)/t13-,14-/m0/s1. The molecule has 1 saturated carbocycles. The third-order valence-corrected chi connectivity index (χ3v) is 5.07. The molecule has 118 valence electrons. The first-order valence-electron chi connectivity index (χ1n) is 7.76. The molecule has 1 amide bonds. The van der Waals surface area contributed by atoms with Gasteiger partial charge in [-0.05, 0) is 30.5 Å². The van der Waals surface area contributed by atoms with E-state index in [0.717, 1.165) is 43.4 Å². The maximum atomic E-state index is 12.3. The molecule has 22 heavy (non-hydrogen) atoms. The lowest BCUT2D eigenvalue weighted by molar-refractivity contribution is -0.145. The van der Waals surface area contributed by atoms with Gasteiger partial charge in [0.25, 0.3) is 0 Å². The Kier molecular flexibility index (Phi) is 3.81. The van der Waals surface area contributed by atoms with Crippen molar-refractivity contribution in [3.8, 4) is 5.75 Å². The van der Waals surface area contributed by atoms with Crippen LogP contribution in [0.5, 0.6) is 5.75 Å². The minimum atomic E-state index is -1.04. The molecule has 2 atom stereocenters. The number of carboxylic acids is 1. The molecule has 2 N–H and O–H groups in total. The van der Waals surface area contributed by atoms with E-state index in [1.165, 1.54) is 0 Å². The summed E-state index contributed by atoms with van der Waals surface area (Å²) < 4.78 is 5.17. The van der Waals surface area contributed by atoms with E-state index in [0.29, 0.717) is 0 Å². The van der Waals surface area contributed by atoms with Crippen molar-refractivity contribution >= 4 is 11.9 Å². The van der Waals surface area contributed by atoms with Crippen LogP contribution in [0.4, 0.5) is 0 Å². The molecular formula is C17H21NO4. The normalized spacial score (nSPS) is 26.7. The molecule has 1 spiro atoms. The molecule has 3 rings (SSSR count). The van der Waals surface area contributed by atoms with Gasteiger partial charge in [0.05, 0.1) is 7.11 Å². The molecule has 2 aliphatic rings. The Morgan fingerprint density at radius 1 is 1.23 bits per heavy atom. The number of rotatable bonds is 3. The van der Waals surface area contributed by atoms with Gasteiger partial charge in [0.15, 0.2) is 0 Å². The van der Waals surface area contributed by atoms with E-state index < -0.39 is 17.4 Å². The number of carbonyl (C=O) groups is 2. The first-order valence-corrected chi connectivity index (χ1v) is 7.76. The van der Waals surface area contributed by atoms with Gasteiger partial charge in [0.2, 0.25) is 5.91 Å². The van der Waals surface area contributed by atoms with Gasteiger partial charge in [-0.15, -0.1) is 0 Å². The third-order valence-electron chi connectivity index (χ3n) is 5.07. The van der Waals surface area contributed by atoms with Gasteiger partial charge >= 0.3 is 5.97 Å². The van der Waals surface area contributed by atoms with E-state index in [4.69, 9.17) is 4.74 Å². The number of methoxy groups -OCH3 is 1. The average molecular weight is 303 g/mol. The molecule has 1 heterocycles. The number of benzene rings is 1. The van der Waals surface area contributed by atoms with Crippen LogP contribution in [0.15, 0.2) is 24.3 Å². The highest BCUT2D eigenvalue weighted by Gasteiger charge is 2.56. The largest absolute Gasteiger partial charge is 0.497 e. The zero-order valence-corrected chi connectivity index (χ0v) is 12.7.